The standard InChI is InChI=1S/C22H23BrN2O2S2/c1-15-11-16(2)13-17(12-15)21-14-28-22(24-21)25-9-7-20(8-10-25)29(26,27)19-5-3-18(23)4-6-19/h3-6,11-14,20H,7-10H2,1-2H3. The largest absolute Gasteiger partial charge is 0.348 e. The Labute approximate surface area is 184 Å². The molecule has 1 aliphatic rings. The van der Waals surface area contributed by atoms with Crippen molar-refractivity contribution < 1.29 is 8.42 Å². The number of benzene rings is 2. The molecule has 1 aromatic heterocycles. The molecule has 3 aromatic rings. The van der Waals surface area contributed by atoms with E-state index in [1.54, 1.807) is 35.6 Å². The minimum atomic E-state index is -3.30. The highest BCUT2D eigenvalue weighted by molar-refractivity contribution is 9.10. The molecular formula is C22H23BrN2O2S2. The van der Waals surface area contributed by atoms with E-state index in [1.165, 1.54) is 11.1 Å². The summed E-state index contributed by atoms with van der Waals surface area (Å²) in [5.41, 5.74) is 4.58. The van der Waals surface area contributed by atoms with E-state index < -0.39 is 9.84 Å². The maximum absolute atomic E-state index is 12.9. The van der Waals surface area contributed by atoms with E-state index in [9.17, 15) is 8.42 Å². The van der Waals surface area contributed by atoms with Crippen molar-refractivity contribution in [3.63, 3.8) is 0 Å². The van der Waals surface area contributed by atoms with Gasteiger partial charge in [0.1, 0.15) is 0 Å². The smallest absolute Gasteiger partial charge is 0.185 e. The van der Waals surface area contributed by atoms with Crippen molar-refractivity contribution in [2.24, 2.45) is 0 Å². The zero-order chi connectivity index (χ0) is 20.6. The van der Waals surface area contributed by atoms with Gasteiger partial charge >= 0.3 is 0 Å². The second-order valence-corrected chi connectivity index (χ2v) is 11.6. The van der Waals surface area contributed by atoms with Crippen LogP contribution < -0.4 is 4.90 Å². The molecule has 152 valence electrons. The number of aromatic nitrogens is 1. The Hall–Kier alpha value is -1.70. The topological polar surface area (TPSA) is 50.3 Å². The minimum Gasteiger partial charge on any atom is -0.348 e. The van der Waals surface area contributed by atoms with Crippen LogP contribution in [0.1, 0.15) is 24.0 Å². The van der Waals surface area contributed by atoms with E-state index in [4.69, 9.17) is 4.98 Å². The number of halogens is 1. The molecule has 0 bridgehead atoms. The summed E-state index contributed by atoms with van der Waals surface area (Å²) in [4.78, 5) is 7.45. The molecular weight excluding hydrogens is 468 g/mol. The van der Waals surface area contributed by atoms with Crippen LogP contribution >= 0.6 is 27.3 Å². The normalized spacial score (nSPS) is 15.6. The Morgan fingerprint density at radius 2 is 1.66 bits per heavy atom. The van der Waals surface area contributed by atoms with Crippen molar-refractivity contribution in [3.05, 3.63) is 63.4 Å². The van der Waals surface area contributed by atoms with Crippen LogP contribution in [-0.2, 0) is 9.84 Å². The predicted molar refractivity (Wildman–Crippen MR) is 124 cm³/mol. The highest BCUT2D eigenvalue weighted by Crippen LogP contribution is 2.32. The van der Waals surface area contributed by atoms with Gasteiger partial charge in [-0.1, -0.05) is 33.1 Å². The summed E-state index contributed by atoms with van der Waals surface area (Å²) in [5, 5.41) is 2.73. The third kappa shape index (κ3) is 4.42. The van der Waals surface area contributed by atoms with Gasteiger partial charge in [0, 0.05) is 28.5 Å². The number of nitrogens with zero attached hydrogens (tertiary/aromatic N) is 2. The number of piperidine rings is 1. The number of aryl methyl sites for hydroxylation is 2. The van der Waals surface area contributed by atoms with Crippen LogP contribution in [0.3, 0.4) is 0 Å². The van der Waals surface area contributed by atoms with Crippen LogP contribution in [0.15, 0.2) is 57.2 Å². The van der Waals surface area contributed by atoms with Gasteiger partial charge in [-0.05, 0) is 63.1 Å². The van der Waals surface area contributed by atoms with Crippen LogP contribution in [0.5, 0.6) is 0 Å². The van der Waals surface area contributed by atoms with Gasteiger partial charge in [-0.25, -0.2) is 13.4 Å². The van der Waals surface area contributed by atoms with Crippen molar-refractivity contribution in [1.82, 2.24) is 4.98 Å². The summed E-state index contributed by atoms with van der Waals surface area (Å²) >= 11 is 4.99. The number of hydrogen-bond acceptors (Lipinski definition) is 5. The summed E-state index contributed by atoms with van der Waals surface area (Å²) in [5.74, 6) is 0. The zero-order valence-corrected chi connectivity index (χ0v) is 19.6. The number of hydrogen-bond donors (Lipinski definition) is 0. The van der Waals surface area contributed by atoms with Gasteiger partial charge in [0.2, 0.25) is 0 Å². The van der Waals surface area contributed by atoms with Crippen LogP contribution in [0, 0.1) is 13.8 Å². The molecule has 1 aliphatic heterocycles. The Kier molecular flexibility index (Phi) is 5.82. The van der Waals surface area contributed by atoms with Crippen LogP contribution in [0.4, 0.5) is 5.13 Å². The summed E-state index contributed by atoms with van der Waals surface area (Å²) in [6.07, 6.45) is 1.24. The van der Waals surface area contributed by atoms with Crippen molar-refractivity contribution in [3.8, 4) is 11.3 Å². The molecule has 1 fully saturated rings. The Bertz CT molecular complexity index is 1100. The Morgan fingerprint density at radius 1 is 1.03 bits per heavy atom. The molecule has 4 nitrogen and oxygen atoms in total. The molecule has 0 radical (unpaired) electrons. The summed E-state index contributed by atoms with van der Waals surface area (Å²) in [6, 6.07) is 13.4. The van der Waals surface area contributed by atoms with Crippen molar-refractivity contribution in [1.29, 1.82) is 0 Å². The molecule has 29 heavy (non-hydrogen) atoms. The number of thiazole rings is 1. The summed E-state index contributed by atoms with van der Waals surface area (Å²) in [7, 11) is -3.30. The molecule has 0 unspecified atom stereocenters. The lowest BCUT2D eigenvalue weighted by atomic mass is 10.1. The van der Waals surface area contributed by atoms with Crippen LogP contribution in [-0.4, -0.2) is 31.7 Å². The number of anilines is 1. The van der Waals surface area contributed by atoms with E-state index in [0.29, 0.717) is 30.8 Å². The molecule has 0 amide bonds. The zero-order valence-electron chi connectivity index (χ0n) is 16.4. The van der Waals surface area contributed by atoms with Gasteiger partial charge in [0.05, 0.1) is 15.8 Å². The molecule has 2 aromatic carbocycles. The van der Waals surface area contributed by atoms with Crippen LogP contribution in [0.25, 0.3) is 11.3 Å². The molecule has 0 N–H and O–H groups in total. The molecule has 2 heterocycles. The first-order valence-corrected chi connectivity index (χ1v) is 12.8. The van der Waals surface area contributed by atoms with E-state index in [1.807, 2.05) is 0 Å². The van der Waals surface area contributed by atoms with Crippen LogP contribution in [0.2, 0.25) is 0 Å². The monoisotopic (exact) mass is 490 g/mol. The fraction of sp³-hybridized carbons (Fsp3) is 0.318. The van der Waals surface area contributed by atoms with Crippen molar-refractivity contribution in [2.45, 2.75) is 36.8 Å². The fourth-order valence-electron chi connectivity index (χ4n) is 3.84. The second-order valence-electron chi connectivity index (χ2n) is 7.58. The van der Waals surface area contributed by atoms with E-state index in [2.05, 4.69) is 58.3 Å². The first-order chi connectivity index (χ1) is 13.8. The molecule has 7 heteroatoms. The first-order valence-electron chi connectivity index (χ1n) is 9.61. The van der Waals surface area contributed by atoms with Crippen molar-refractivity contribution in [2.75, 3.05) is 18.0 Å². The molecule has 4 rings (SSSR count). The minimum absolute atomic E-state index is 0.334. The van der Waals surface area contributed by atoms with E-state index >= 15 is 0 Å². The van der Waals surface area contributed by atoms with E-state index in [-0.39, 0.29) is 5.25 Å². The quantitative estimate of drug-likeness (QED) is 0.475. The third-order valence-corrected chi connectivity index (χ3v) is 9.01. The SMILES string of the molecule is Cc1cc(C)cc(-c2csc(N3CCC(S(=O)(=O)c4ccc(Br)cc4)CC3)n2)c1. The maximum atomic E-state index is 12.9. The first kappa shape index (κ1) is 20.6. The molecule has 0 saturated carbocycles. The average molecular weight is 491 g/mol. The Morgan fingerprint density at radius 3 is 2.28 bits per heavy atom. The third-order valence-electron chi connectivity index (χ3n) is 5.30. The maximum Gasteiger partial charge on any atom is 0.185 e. The van der Waals surface area contributed by atoms with E-state index in [0.717, 1.165) is 20.9 Å². The highest BCUT2D eigenvalue weighted by atomic mass is 79.9. The van der Waals surface area contributed by atoms with Gasteiger partial charge < -0.3 is 4.90 Å². The molecule has 0 aliphatic carbocycles. The van der Waals surface area contributed by atoms with Gasteiger partial charge in [-0.15, -0.1) is 11.3 Å². The Balaban J connectivity index is 1.46. The average Bonchev–Trinajstić information content (AvgIpc) is 3.18. The fourth-order valence-corrected chi connectivity index (χ4v) is 6.72. The van der Waals surface area contributed by atoms with Gasteiger partial charge in [0.15, 0.2) is 15.0 Å². The highest BCUT2D eigenvalue weighted by Gasteiger charge is 2.32. The summed E-state index contributed by atoms with van der Waals surface area (Å²) < 4.78 is 26.8. The molecule has 1 saturated heterocycles. The number of sulfone groups is 1. The molecule has 0 spiro atoms. The lowest BCUT2D eigenvalue weighted by molar-refractivity contribution is 0.529. The van der Waals surface area contributed by atoms with Crippen molar-refractivity contribution >= 4 is 42.2 Å². The van der Waals surface area contributed by atoms with Gasteiger partial charge in [-0.2, -0.15) is 0 Å². The van der Waals surface area contributed by atoms with Gasteiger partial charge in [-0.3, -0.25) is 0 Å². The second kappa shape index (κ2) is 8.20. The summed E-state index contributed by atoms with van der Waals surface area (Å²) in [6.45, 7) is 5.61. The lowest BCUT2D eigenvalue weighted by Crippen LogP contribution is -2.39. The number of rotatable bonds is 4. The lowest BCUT2D eigenvalue weighted by Gasteiger charge is -2.31. The predicted octanol–water partition coefficient (Wildman–Crippen LogP) is 5.63. The van der Waals surface area contributed by atoms with Gasteiger partial charge in [0.25, 0.3) is 0 Å². The molecule has 0 atom stereocenters.